The lowest BCUT2D eigenvalue weighted by Crippen LogP contribution is -2.49. The van der Waals surface area contributed by atoms with Crippen molar-refractivity contribution in [1.29, 1.82) is 0 Å². The van der Waals surface area contributed by atoms with Gasteiger partial charge in [0.05, 0.1) is 4.90 Å². The van der Waals surface area contributed by atoms with Crippen LogP contribution in [0.15, 0.2) is 29.2 Å². The Morgan fingerprint density at radius 3 is 2.35 bits per heavy atom. The summed E-state index contributed by atoms with van der Waals surface area (Å²) in [6, 6.07) is 6.57. The van der Waals surface area contributed by atoms with E-state index in [9.17, 15) is 13.2 Å². The summed E-state index contributed by atoms with van der Waals surface area (Å²) in [5, 5.41) is 0. The van der Waals surface area contributed by atoms with Gasteiger partial charge in [0, 0.05) is 12.6 Å². The number of sulfonamides is 1. The predicted molar refractivity (Wildman–Crippen MR) is 90.7 cm³/mol. The van der Waals surface area contributed by atoms with Crippen LogP contribution in [-0.4, -0.2) is 48.2 Å². The van der Waals surface area contributed by atoms with E-state index in [-0.39, 0.29) is 35.2 Å². The van der Waals surface area contributed by atoms with E-state index in [1.54, 1.807) is 29.2 Å². The topological polar surface area (TPSA) is 57.7 Å². The number of amides is 1. The first kappa shape index (κ1) is 18.2. The zero-order valence-electron chi connectivity index (χ0n) is 13.9. The molecular weight excluding hydrogens is 336 g/mol. The summed E-state index contributed by atoms with van der Waals surface area (Å²) in [6.45, 7) is 7.86. The van der Waals surface area contributed by atoms with Gasteiger partial charge < -0.3 is 4.90 Å². The summed E-state index contributed by atoms with van der Waals surface area (Å²) >= 11 is 5.70. The Kier molecular flexibility index (Phi) is 5.38. The van der Waals surface area contributed by atoms with Gasteiger partial charge >= 0.3 is 0 Å². The minimum atomic E-state index is -3.66. The van der Waals surface area contributed by atoms with E-state index >= 15 is 0 Å². The Balaban J connectivity index is 2.44. The molecule has 2 atom stereocenters. The van der Waals surface area contributed by atoms with Crippen LogP contribution < -0.4 is 0 Å². The van der Waals surface area contributed by atoms with Crippen LogP contribution in [0.25, 0.3) is 0 Å². The van der Waals surface area contributed by atoms with Crippen molar-refractivity contribution in [1.82, 2.24) is 9.21 Å². The second-order valence-electron chi connectivity index (χ2n) is 6.33. The molecule has 0 N–H and O–H groups in total. The lowest BCUT2D eigenvalue weighted by molar-refractivity contribution is -0.132. The maximum Gasteiger partial charge on any atom is 0.244 e. The maximum absolute atomic E-state index is 13.0. The Labute approximate surface area is 143 Å². The van der Waals surface area contributed by atoms with Crippen LogP contribution in [0, 0.1) is 12.8 Å². The van der Waals surface area contributed by atoms with Gasteiger partial charge in [-0.1, -0.05) is 31.5 Å². The highest BCUT2D eigenvalue weighted by Gasteiger charge is 2.47. The third kappa shape index (κ3) is 3.39. The number of hydrogen-bond acceptors (Lipinski definition) is 3. The van der Waals surface area contributed by atoms with Gasteiger partial charge in [-0.25, -0.2) is 8.42 Å². The van der Waals surface area contributed by atoms with Crippen molar-refractivity contribution in [3.05, 3.63) is 29.8 Å². The molecule has 0 radical (unpaired) electrons. The number of alkyl halides is 1. The molecule has 7 heteroatoms. The first-order chi connectivity index (χ1) is 10.7. The molecule has 0 bridgehead atoms. The molecule has 1 amide bonds. The van der Waals surface area contributed by atoms with Crippen molar-refractivity contribution in [3.8, 4) is 0 Å². The Hall–Kier alpha value is -1.11. The fourth-order valence-electron chi connectivity index (χ4n) is 3.06. The number of aryl methyl sites for hydroxylation is 1. The van der Waals surface area contributed by atoms with Crippen molar-refractivity contribution in [2.24, 2.45) is 5.92 Å². The van der Waals surface area contributed by atoms with Gasteiger partial charge in [0.25, 0.3) is 0 Å². The van der Waals surface area contributed by atoms with Gasteiger partial charge in [-0.15, -0.1) is 11.6 Å². The summed E-state index contributed by atoms with van der Waals surface area (Å²) in [5.41, 5.74) is 0.998. The number of halogens is 1. The lowest BCUT2D eigenvalue weighted by atomic mass is 10.1. The summed E-state index contributed by atoms with van der Waals surface area (Å²) in [7, 11) is -3.66. The quantitative estimate of drug-likeness (QED) is 0.777. The average Bonchev–Trinajstić information content (AvgIpc) is 2.85. The van der Waals surface area contributed by atoms with E-state index in [1.807, 2.05) is 27.7 Å². The largest absolute Gasteiger partial charge is 0.321 e. The molecule has 2 rings (SSSR count). The van der Waals surface area contributed by atoms with E-state index < -0.39 is 16.2 Å². The monoisotopic (exact) mass is 358 g/mol. The fourth-order valence-corrected chi connectivity index (χ4v) is 4.99. The zero-order valence-corrected chi connectivity index (χ0v) is 15.4. The van der Waals surface area contributed by atoms with Crippen LogP contribution in [0.2, 0.25) is 0 Å². The molecule has 0 saturated carbocycles. The van der Waals surface area contributed by atoms with Crippen LogP contribution in [0.3, 0.4) is 0 Å². The van der Waals surface area contributed by atoms with Gasteiger partial charge in [-0.3, -0.25) is 4.79 Å². The van der Waals surface area contributed by atoms with Crippen LogP contribution in [0.4, 0.5) is 0 Å². The van der Waals surface area contributed by atoms with Crippen LogP contribution in [-0.2, 0) is 14.8 Å². The summed E-state index contributed by atoms with van der Waals surface area (Å²) < 4.78 is 27.5. The number of carbonyl (C=O) groups is 1. The average molecular weight is 359 g/mol. The third-order valence-electron chi connectivity index (χ3n) is 4.13. The van der Waals surface area contributed by atoms with Crippen molar-refractivity contribution in [2.45, 2.75) is 44.8 Å². The molecule has 1 aromatic carbocycles. The second kappa shape index (κ2) is 6.79. The highest BCUT2D eigenvalue weighted by Crippen LogP contribution is 2.32. The summed E-state index contributed by atoms with van der Waals surface area (Å²) in [4.78, 5) is 14.0. The predicted octanol–water partition coefficient (Wildman–Crippen LogP) is 2.44. The van der Waals surface area contributed by atoms with Gasteiger partial charge in [0.1, 0.15) is 12.0 Å². The summed E-state index contributed by atoms with van der Waals surface area (Å²) in [5.74, 6) is -0.418. The van der Waals surface area contributed by atoms with E-state index in [1.165, 1.54) is 4.31 Å². The molecule has 1 saturated heterocycles. The highest BCUT2D eigenvalue weighted by atomic mass is 35.5. The van der Waals surface area contributed by atoms with Gasteiger partial charge in [0.2, 0.25) is 15.9 Å². The first-order valence-electron chi connectivity index (χ1n) is 7.65. The van der Waals surface area contributed by atoms with E-state index in [0.29, 0.717) is 0 Å². The molecule has 23 heavy (non-hydrogen) atoms. The van der Waals surface area contributed by atoms with Crippen LogP contribution >= 0.6 is 11.6 Å². The highest BCUT2D eigenvalue weighted by molar-refractivity contribution is 7.89. The van der Waals surface area contributed by atoms with Crippen molar-refractivity contribution in [2.75, 3.05) is 12.4 Å². The minimum absolute atomic E-state index is 0.0349. The third-order valence-corrected chi connectivity index (χ3v) is 6.20. The number of hydrogen-bond donors (Lipinski definition) is 0. The number of nitrogens with zero attached hydrogens (tertiary/aromatic N) is 2. The minimum Gasteiger partial charge on any atom is -0.321 e. The van der Waals surface area contributed by atoms with Gasteiger partial charge in [-0.2, -0.15) is 4.31 Å². The SMILES string of the molecule is Cc1ccc(S(=O)(=O)N2C[C@H](C)N(C(=O)CCl)[C@H]2C(C)C)cc1. The standard InChI is InChI=1S/C16H23ClN2O3S/c1-11(2)16-18(10-13(4)19(16)15(20)9-17)23(21,22)14-7-5-12(3)6-8-14/h5-8,11,13,16H,9-10H2,1-4H3/t13-,16-/m0/s1. The molecule has 128 valence electrons. The van der Waals surface area contributed by atoms with E-state index in [4.69, 9.17) is 11.6 Å². The fraction of sp³-hybridized carbons (Fsp3) is 0.562. The maximum atomic E-state index is 13.0. The number of carbonyl (C=O) groups excluding carboxylic acids is 1. The smallest absolute Gasteiger partial charge is 0.244 e. The molecule has 1 aliphatic heterocycles. The normalized spacial score (nSPS) is 22.8. The van der Waals surface area contributed by atoms with Crippen LogP contribution in [0.1, 0.15) is 26.3 Å². The van der Waals surface area contributed by atoms with Crippen LogP contribution in [0.5, 0.6) is 0 Å². The van der Waals surface area contributed by atoms with E-state index in [0.717, 1.165) is 5.56 Å². The zero-order chi connectivity index (χ0) is 17.4. The molecular formula is C16H23ClN2O3S. The molecule has 1 fully saturated rings. The van der Waals surface area contributed by atoms with Crippen molar-refractivity contribution in [3.63, 3.8) is 0 Å². The summed E-state index contributed by atoms with van der Waals surface area (Å²) in [6.07, 6.45) is -0.512. The molecule has 1 heterocycles. The second-order valence-corrected chi connectivity index (χ2v) is 8.49. The van der Waals surface area contributed by atoms with Crippen molar-refractivity contribution < 1.29 is 13.2 Å². The van der Waals surface area contributed by atoms with E-state index in [2.05, 4.69) is 0 Å². The molecule has 1 aliphatic rings. The molecule has 0 aliphatic carbocycles. The Bertz CT molecular complexity index is 673. The number of benzene rings is 1. The first-order valence-corrected chi connectivity index (χ1v) is 9.63. The Morgan fingerprint density at radius 2 is 1.87 bits per heavy atom. The lowest BCUT2D eigenvalue weighted by Gasteiger charge is -2.33. The molecule has 5 nitrogen and oxygen atoms in total. The van der Waals surface area contributed by atoms with Gasteiger partial charge in [-0.05, 0) is 31.9 Å². The molecule has 0 spiro atoms. The number of rotatable bonds is 4. The molecule has 0 unspecified atom stereocenters. The van der Waals surface area contributed by atoms with Gasteiger partial charge in [0.15, 0.2) is 0 Å². The van der Waals surface area contributed by atoms with Crippen molar-refractivity contribution >= 4 is 27.5 Å². The molecule has 1 aromatic rings. The molecule has 0 aromatic heterocycles. The Morgan fingerprint density at radius 1 is 1.30 bits per heavy atom.